The molecule has 0 heterocycles. The zero-order chi connectivity index (χ0) is 18.4. The number of nitrogens with one attached hydrogen (secondary N) is 1. The predicted molar refractivity (Wildman–Crippen MR) is 103 cm³/mol. The van der Waals surface area contributed by atoms with Crippen LogP contribution >= 0.6 is 11.6 Å². The monoisotopic (exact) mass is 360 g/mol. The van der Waals surface area contributed by atoms with Crippen molar-refractivity contribution >= 4 is 23.3 Å². The maximum atomic E-state index is 12.9. The number of carbonyl (C=O) groups excluding carboxylic acids is 1. The number of rotatable bonds is 6. The van der Waals surface area contributed by atoms with Crippen LogP contribution in [0.2, 0.25) is 5.02 Å². The van der Waals surface area contributed by atoms with Gasteiger partial charge in [-0.25, -0.2) is 4.79 Å². The second-order valence-corrected chi connectivity index (χ2v) is 7.09. The Bertz CT molecular complexity index is 702. The van der Waals surface area contributed by atoms with Crippen molar-refractivity contribution in [3.05, 3.63) is 65.2 Å². The van der Waals surface area contributed by atoms with E-state index < -0.39 is 11.6 Å². The second-order valence-electron chi connectivity index (χ2n) is 6.65. The largest absolute Gasteiger partial charge is 0.393 e. The van der Waals surface area contributed by atoms with E-state index in [4.69, 9.17) is 11.6 Å². The van der Waals surface area contributed by atoms with Crippen molar-refractivity contribution in [1.29, 1.82) is 0 Å². The molecule has 0 aliphatic rings. The lowest BCUT2D eigenvalue weighted by Crippen LogP contribution is -2.48. The number of urea groups is 1. The molecule has 0 aliphatic heterocycles. The van der Waals surface area contributed by atoms with E-state index in [1.165, 1.54) is 0 Å². The average molecular weight is 361 g/mol. The van der Waals surface area contributed by atoms with Crippen molar-refractivity contribution in [3.63, 3.8) is 0 Å². The van der Waals surface area contributed by atoms with E-state index >= 15 is 0 Å². The molecular weight excluding hydrogens is 336 g/mol. The van der Waals surface area contributed by atoms with Crippen molar-refractivity contribution in [1.82, 2.24) is 4.90 Å². The Morgan fingerprint density at radius 3 is 2.48 bits per heavy atom. The molecule has 1 unspecified atom stereocenters. The highest BCUT2D eigenvalue weighted by molar-refractivity contribution is 6.30. The van der Waals surface area contributed by atoms with Gasteiger partial charge >= 0.3 is 6.03 Å². The number of nitrogens with zero attached hydrogens (tertiary/aromatic N) is 1. The molecule has 25 heavy (non-hydrogen) atoms. The number of aliphatic hydroxyl groups is 1. The van der Waals surface area contributed by atoms with E-state index in [1.54, 1.807) is 11.8 Å². The summed E-state index contributed by atoms with van der Waals surface area (Å²) < 4.78 is 0. The van der Waals surface area contributed by atoms with Gasteiger partial charge in [0.2, 0.25) is 0 Å². The van der Waals surface area contributed by atoms with Gasteiger partial charge in [0.15, 0.2) is 0 Å². The molecule has 134 valence electrons. The third-order valence-electron chi connectivity index (χ3n) is 4.25. The summed E-state index contributed by atoms with van der Waals surface area (Å²) >= 11 is 6.13. The highest BCUT2D eigenvalue weighted by Gasteiger charge is 2.33. The Hall–Kier alpha value is -2.04. The average Bonchev–Trinajstić information content (AvgIpc) is 2.55. The Kier molecular flexibility index (Phi) is 6.45. The highest BCUT2D eigenvalue weighted by Crippen LogP contribution is 2.30. The normalized spacial score (nSPS) is 12.5. The van der Waals surface area contributed by atoms with Crippen molar-refractivity contribution in [2.45, 2.75) is 38.8 Å². The van der Waals surface area contributed by atoms with Gasteiger partial charge in [-0.3, -0.25) is 0 Å². The molecule has 2 rings (SSSR count). The minimum Gasteiger partial charge on any atom is -0.393 e. The lowest BCUT2D eigenvalue weighted by Gasteiger charge is -2.39. The third kappa shape index (κ3) is 5.21. The Morgan fingerprint density at radius 1 is 1.20 bits per heavy atom. The molecule has 0 aromatic heterocycles. The molecule has 0 aliphatic carbocycles. The Morgan fingerprint density at radius 2 is 1.88 bits per heavy atom. The molecule has 0 saturated carbocycles. The molecule has 0 fully saturated rings. The molecule has 0 bridgehead atoms. The number of aliphatic hydroxyl groups excluding tert-OH is 1. The number of halogens is 1. The summed E-state index contributed by atoms with van der Waals surface area (Å²) in [6.45, 7) is 6.10. The van der Waals surface area contributed by atoms with E-state index in [2.05, 4.69) is 5.32 Å². The molecule has 5 heteroatoms. The number of hydrogen-bond acceptors (Lipinski definition) is 2. The zero-order valence-electron chi connectivity index (χ0n) is 14.9. The van der Waals surface area contributed by atoms with Gasteiger partial charge in [-0.05, 0) is 57.0 Å². The van der Waals surface area contributed by atoms with E-state index in [9.17, 15) is 9.90 Å². The molecule has 4 nitrogen and oxygen atoms in total. The van der Waals surface area contributed by atoms with Crippen molar-refractivity contribution in [2.24, 2.45) is 0 Å². The van der Waals surface area contributed by atoms with Crippen molar-refractivity contribution < 1.29 is 9.90 Å². The molecule has 1 atom stereocenters. The molecule has 0 saturated heterocycles. The van der Waals surface area contributed by atoms with Gasteiger partial charge in [-0.2, -0.15) is 0 Å². The van der Waals surface area contributed by atoms with E-state index in [1.807, 2.05) is 68.4 Å². The zero-order valence-corrected chi connectivity index (χ0v) is 15.6. The predicted octanol–water partition coefficient (Wildman–Crippen LogP) is 4.88. The first-order valence-corrected chi connectivity index (χ1v) is 8.76. The molecule has 0 spiro atoms. The van der Waals surface area contributed by atoms with E-state index in [0.717, 1.165) is 11.3 Å². The number of anilines is 1. The minimum atomic E-state index is -0.585. The summed E-state index contributed by atoms with van der Waals surface area (Å²) in [6.07, 6.45) is 0.00818. The SMILES string of the molecule is CC(O)CCN(C(=O)Nc1ccccc1)C(C)(C)c1cccc(Cl)c1. The van der Waals surface area contributed by atoms with Crippen LogP contribution in [0, 0.1) is 0 Å². The lowest BCUT2D eigenvalue weighted by molar-refractivity contribution is 0.116. The van der Waals surface area contributed by atoms with Crippen LogP contribution in [0.25, 0.3) is 0 Å². The molecule has 2 aromatic rings. The van der Waals surface area contributed by atoms with Crippen LogP contribution in [0.3, 0.4) is 0 Å². The lowest BCUT2D eigenvalue weighted by atomic mass is 9.92. The molecule has 2 aromatic carbocycles. The summed E-state index contributed by atoms with van der Waals surface area (Å²) in [7, 11) is 0. The van der Waals surface area contributed by atoms with Gasteiger partial charge in [0, 0.05) is 17.3 Å². The maximum absolute atomic E-state index is 12.9. The van der Waals surface area contributed by atoms with Crippen LogP contribution in [-0.2, 0) is 5.54 Å². The number of amides is 2. The Labute approximate surface area is 154 Å². The summed E-state index contributed by atoms with van der Waals surface area (Å²) in [4.78, 5) is 14.7. The first-order valence-electron chi connectivity index (χ1n) is 8.38. The maximum Gasteiger partial charge on any atom is 0.322 e. The quantitative estimate of drug-likeness (QED) is 0.771. The molecule has 2 amide bonds. The number of hydrogen-bond donors (Lipinski definition) is 2. The fourth-order valence-electron chi connectivity index (χ4n) is 2.69. The van der Waals surface area contributed by atoms with Gasteiger partial charge < -0.3 is 15.3 Å². The van der Waals surface area contributed by atoms with Crippen LogP contribution in [0.4, 0.5) is 10.5 Å². The van der Waals surface area contributed by atoms with Crippen LogP contribution in [0.5, 0.6) is 0 Å². The highest BCUT2D eigenvalue weighted by atomic mass is 35.5. The van der Waals surface area contributed by atoms with Gasteiger partial charge in [-0.1, -0.05) is 41.9 Å². The van der Waals surface area contributed by atoms with Crippen molar-refractivity contribution in [3.8, 4) is 0 Å². The fraction of sp³-hybridized carbons (Fsp3) is 0.350. The smallest absolute Gasteiger partial charge is 0.322 e. The standard InChI is InChI=1S/C20H25ClN2O2/c1-15(24)12-13-23(19(25)22-18-10-5-4-6-11-18)20(2,3)16-8-7-9-17(21)14-16/h4-11,14-15,24H,12-13H2,1-3H3,(H,22,25). The molecule has 2 N–H and O–H groups in total. The molecular formula is C20H25ClN2O2. The summed E-state index contributed by atoms with van der Waals surface area (Å²) in [5.41, 5.74) is 1.09. The Balaban J connectivity index is 2.29. The molecule has 0 radical (unpaired) electrons. The van der Waals surface area contributed by atoms with Gasteiger partial charge in [0.1, 0.15) is 0 Å². The van der Waals surface area contributed by atoms with Crippen molar-refractivity contribution in [2.75, 3.05) is 11.9 Å². The fourth-order valence-corrected chi connectivity index (χ4v) is 2.88. The second kappa shape index (κ2) is 8.37. The summed E-state index contributed by atoms with van der Waals surface area (Å²) in [6, 6.07) is 16.6. The third-order valence-corrected chi connectivity index (χ3v) is 4.48. The minimum absolute atomic E-state index is 0.211. The summed E-state index contributed by atoms with van der Waals surface area (Å²) in [5, 5.41) is 13.2. The number of carbonyl (C=O) groups is 1. The van der Waals surface area contributed by atoms with Gasteiger partial charge in [0.25, 0.3) is 0 Å². The first kappa shape index (κ1) is 19.3. The first-order chi connectivity index (χ1) is 11.8. The van der Waals surface area contributed by atoms with E-state index in [-0.39, 0.29) is 6.03 Å². The van der Waals surface area contributed by atoms with Crippen LogP contribution in [0.1, 0.15) is 32.8 Å². The van der Waals surface area contributed by atoms with Crippen LogP contribution < -0.4 is 5.32 Å². The van der Waals surface area contributed by atoms with E-state index in [0.29, 0.717) is 18.0 Å². The summed E-state index contributed by atoms with van der Waals surface area (Å²) in [5.74, 6) is 0. The van der Waals surface area contributed by atoms with Crippen LogP contribution in [-0.4, -0.2) is 28.7 Å². The topological polar surface area (TPSA) is 52.6 Å². The van der Waals surface area contributed by atoms with Gasteiger partial charge in [0.05, 0.1) is 11.6 Å². The van der Waals surface area contributed by atoms with Gasteiger partial charge in [-0.15, -0.1) is 0 Å². The number of benzene rings is 2. The number of para-hydroxylation sites is 1. The van der Waals surface area contributed by atoms with Crippen LogP contribution in [0.15, 0.2) is 54.6 Å².